The summed E-state index contributed by atoms with van der Waals surface area (Å²) in [7, 11) is 0. The van der Waals surface area contributed by atoms with Crippen LogP contribution in [0.25, 0.3) is 0 Å². The first-order valence-corrected chi connectivity index (χ1v) is 7.19. The van der Waals surface area contributed by atoms with Gasteiger partial charge >= 0.3 is 0 Å². The second kappa shape index (κ2) is 6.60. The number of amides is 1. The summed E-state index contributed by atoms with van der Waals surface area (Å²) in [6, 6.07) is 7.84. The van der Waals surface area contributed by atoms with E-state index >= 15 is 0 Å². The van der Waals surface area contributed by atoms with Gasteiger partial charge in [0.25, 0.3) is 5.91 Å². The normalized spacial score (nSPS) is 17.7. The maximum Gasteiger partial charge on any atom is 0.263 e. The summed E-state index contributed by atoms with van der Waals surface area (Å²) in [5, 5.41) is 0. The van der Waals surface area contributed by atoms with E-state index in [4.69, 9.17) is 4.74 Å². The summed E-state index contributed by atoms with van der Waals surface area (Å²) in [5.41, 5.74) is 1.15. The summed E-state index contributed by atoms with van der Waals surface area (Å²) in [5.74, 6) is 0.888. The van der Waals surface area contributed by atoms with Crippen LogP contribution in [0.5, 0.6) is 5.75 Å². The highest BCUT2D eigenvalue weighted by Gasteiger charge is 2.22. The minimum atomic E-state index is -0.403. The van der Waals surface area contributed by atoms with Crippen molar-refractivity contribution < 1.29 is 9.53 Å². The van der Waals surface area contributed by atoms with Gasteiger partial charge in [0.2, 0.25) is 0 Å². The Kier molecular flexibility index (Phi) is 4.83. The van der Waals surface area contributed by atoms with Crippen molar-refractivity contribution in [2.24, 2.45) is 0 Å². The molecule has 2 rings (SSSR count). The van der Waals surface area contributed by atoms with Crippen LogP contribution in [-0.2, 0) is 4.79 Å². The first-order chi connectivity index (χ1) is 9.16. The van der Waals surface area contributed by atoms with Gasteiger partial charge in [-0.3, -0.25) is 4.79 Å². The average molecular weight is 261 g/mol. The fraction of sp³-hybridized carbons (Fsp3) is 0.562. The van der Waals surface area contributed by atoms with Gasteiger partial charge in [-0.1, -0.05) is 25.0 Å². The molecule has 3 nitrogen and oxygen atoms in total. The summed E-state index contributed by atoms with van der Waals surface area (Å²) in [6.45, 7) is 5.62. The van der Waals surface area contributed by atoms with Gasteiger partial charge in [0.05, 0.1) is 0 Å². The topological polar surface area (TPSA) is 29.5 Å². The minimum absolute atomic E-state index is 0.114. The van der Waals surface area contributed by atoms with Gasteiger partial charge < -0.3 is 9.64 Å². The van der Waals surface area contributed by atoms with Crippen LogP contribution in [0.4, 0.5) is 0 Å². The van der Waals surface area contributed by atoms with Gasteiger partial charge in [0.15, 0.2) is 6.10 Å². The molecule has 0 aliphatic carbocycles. The molecule has 1 heterocycles. The average Bonchev–Trinajstić information content (AvgIpc) is 2.66. The molecule has 3 heteroatoms. The number of likely N-dealkylation sites (tertiary alicyclic amines) is 1. The van der Waals surface area contributed by atoms with E-state index in [-0.39, 0.29) is 5.91 Å². The number of hydrogen-bond acceptors (Lipinski definition) is 2. The maximum absolute atomic E-state index is 12.3. The van der Waals surface area contributed by atoms with Gasteiger partial charge in [0.1, 0.15) is 5.75 Å². The van der Waals surface area contributed by atoms with Crippen LogP contribution in [0, 0.1) is 6.92 Å². The SMILES string of the molecule is Cc1cccc(O[C@H](C)C(=O)N2CCCCCC2)c1. The Labute approximate surface area is 115 Å². The molecule has 0 N–H and O–H groups in total. The molecule has 1 fully saturated rings. The Hall–Kier alpha value is -1.51. The Bertz CT molecular complexity index is 423. The van der Waals surface area contributed by atoms with Crippen molar-refractivity contribution in [3.05, 3.63) is 29.8 Å². The van der Waals surface area contributed by atoms with E-state index in [0.717, 1.165) is 37.2 Å². The van der Waals surface area contributed by atoms with E-state index in [2.05, 4.69) is 0 Å². The highest BCUT2D eigenvalue weighted by atomic mass is 16.5. The second-order valence-corrected chi connectivity index (χ2v) is 5.32. The van der Waals surface area contributed by atoms with E-state index in [1.165, 1.54) is 12.8 Å². The fourth-order valence-corrected chi connectivity index (χ4v) is 2.49. The number of carbonyl (C=O) groups excluding carboxylic acids is 1. The predicted molar refractivity (Wildman–Crippen MR) is 76.3 cm³/mol. The lowest BCUT2D eigenvalue weighted by Crippen LogP contribution is -2.40. The maximum atomic E-state index is 12.3. The van der Waals surface area contributed by atoms with Crippen LogP contribution in [0.15, 0.2) is 24.3 Å². The quantitative estimate of drug-likeness (QED) is 0.836. The van der Waals surface area contributed by atoms with Crippen LogP contribution < -0.4 is 4.74 Å². The van der Waals surface area contributed by atoms with E-state index in [0.29, 0.717) is 0 Å². The highest BCUT2D eigenvalue weighted by molar-refractivity contribution is 5.80. The van der Waals surface area contributed by atoms with E-state index in [1.54, 1.807) is 0 Å². The van der Waals surface area contributed by atoms with Crippen LogP contribution in [-0.4, -0.2) is 30.0 Å². The van der Waals surface area contributed by atoms with Crippen LogP contribution in [0.2, 0.25) is 0 Å². The predicted octanol–water partition coefficient (Wildman–Crippen LogP) is 3.16. The van der Waals surface area contributed by atoms with Gasteiger partial charge in [0, 0.05) is 13.1 Å². The van der Waals surface area contributed by atoms with Gasteiger partial charge in [-0.25, -0.2) is 0 Å². The van der Waals surface area contributed by atoms with Crippen molar-refractivity contribution in [2.45, 2.75) is 45.6 Å². The highest BCUT2D eigenvalue weighted by Crippen LogP contribution is 2.16. The standard InChI is InChI=1S/C16H23NO2/c1-13-8-7-9-15(12-13)19-14(2)16(18)17-10-5-3-4-6-11-17/h7-9,12,14H,3-6,10-11H2,1-2H3/t14-/m1/s1. The molecule has 0 spiro atoms. The molecule has 0 aromatic heterocycles. The zero-order valence-corrected chi connectivity index (χ0v) is 11.9. The molecular weight excluding hydrogens is 238 g/mol. The first kappa shape index (κ1) is 13.9. The molecule has 1 amide bonds. The molecule has 0 unspecified atom stereocenters. The molecule has 1 saturated heterocycles. The molecular formula is C16H23NO2. The van der Waals surface area contributed by atoms with Gasteiger partial charge in [-0.05, 0) is 44.4 Å². The third-order valence-electron chi connectivity index (χ3n) is 3.57. The molecule has 1 aromatic carbocycles. The van der Waals surface area contributed by atoms with E-state index < -0.39 is 6.10 Å². The molecule has 0 bridgehead atoms. The number of ether oxygens (including phenoxy) is 1. The molecule has 0 radical (unpaired) electrons. The third kappa shape index (κ3) is 3.98. The summed E-state index contributed by atoms with van der Waals surface area (Å²) < 4.78 is 5.76. The van der Waals surface area contributed by atoms with Crippen molar-refractivity contribution in [1.82, 2.24) is 4.90 Å². The van der Waals surface area contributed by atoms with Crippen molar-refractivity contribution in [3.8, 4) is 5.75 Å². The Morgan fingerprint density at radius 3 is 2.53 bits per heavy atom. The smallest absolute Gasteiger partial charge is 0.263 e. The lowest BCUT2D eigenvalue weighted by atomic mass is 10.2. The van der Waals surface area contributed by atoms with Crippen molar-refractivity contribution in [1.29, 1.82) is 0 Å². The zero-order chi connectivity index (χ0) is 13.7. The van der Waals surface area contributed by atoms with Gasteiger partial charge in [-0.2, -0.15) is 0 Å². The Balaban J connectivity index is 1.94. The Morgan fingerprint density at radius 2 is 1.89 bits per heavy atom. The molecule has 1 atom stereocenters. The summed E-state index contributed by atoms with van der Waals surface area (Å²) >= 11 is 0. The molecule has 104 valence electrons. The monoisotopic (exact) mass is 261 g/mol. The molecule has 1 aliphatic heterocycles. The number of hydrogen-bond donors (Lipinski definition) is 0. The van der Waals surface area contributed by atoms with Crippen LogP contribution >= 0.6 is 0 Å². The number of aryl methyl sites for hydroxylation is 1. The molecule has 1 aromatic rings. The number of nitrogens with zero attached hydrogens (tertiary/aromatic N) is 1. The lowest BCUT2D eigenvalue weighted by molar-refractivity contribution is -0.137. The minimum Gasteiger partial charge on any atom is -0.481 e. The Morgan fingerprint density at radius 1 is 1.21 bits per heavy atom. The first-order valence-electron chi connectivity index (χ1n) is 7.19. The second-order valence-electron chi connectivity index (χ2n) is 5.32. The largest absolute Gasteiger partial charge is 0.481 e. The molecule has 0 saturated carbocycles. The molecule has 19 heavy (non-hydrogen) atoms. The molecule has 1 aliphatic rings. The van der Waals surface area contributed by atoms with Crippen molar-refractivity contribution >= 4 is 5.91 Å². The van der Waals surface area contributed by atoms with E-state index in [9.17, 15) is 4.79 Å². The van der Waals surface area contributed by atoms with Crippen LogP contribution in [0.1, 0.15) is 38.2 Å². The number of carbonyl (C=O) groups is 1. The number of rotatable bonds is 3. The van der Waals surface area contributed by atoms with Gasteiger partial charge in [-0.15, -0.1) is 0 Å². The fourth-order valence-electron chi connectivity index (χ4n) is 2.49. The van der Waals surface area contributed by atoms with Crippen molar-refractivity contribution in [3.63, 3.8) is 0 Å². The number of benzene rings is 1. The van der Waals surface area contributed by atoms with Crippen LogP contribution in [0.3, 0.4) is 0 Å². The van der Waals surface area contributed by atoms with E-state index in [1.807, 2.05) is 43.0 Å². The summed E-state index contributed by atoms with van der Waals surface area (Å²) in [4.78, 5) is 14.3. The lowest BCUT2D eigenvalue weighted by Gasteiger charge is -2.24. The third-order valence-corrected chi connectivity index (χ3v) is 3.57. The van der Waals surface area contributed by atoms with Crippen molar-refractivity contribution in [2.75, 3.05) is 13.1 Å². The summed E-state index contributed by atoms with van der Waals surface area (Å²) in [6.07, 6.45) is 4.29. The zero-order valence-electron chi connectivity index (χ0n) is 11.9.